The lowest BCUT2D eigenvalue weighted by atomic mass is 10.1. The van der Waals surface area contributed by atoms with Gasteiger partial charge in [0, 0.05) is 11.5 Å². The molecule has 0 spiro atoms. The Morgan fingerprint density at radius 2 is 0.778 bits per heavy atom. The SMILES string of the molecule is COc1nc(OC)c(-c2c(P(c3cc(C)cc(C)c3)c3cc(C)cc(C)c3)ccnc2OC)c(P(c2cc(C)cc(C)c2)c2cc(C)cc(C)c2)c1OC. The molecule has 0 saturated heterocycles. The van der Waals surface area contributed by atoms with Crippen molar-refractivity contribution in [2.45, 2.75) is 55.4 Å². The molecule has 6 nitrogen and oxygen atoms in total. The van der Waals surface area contributed by atoms with E-state index in [9.17, 15) is 0 Å². The highest BCUT2D eigenvalue weighted by atomic mass is 31.1. The third-order valence-electron chi connectivity index (χ3n) is 9.31. The molecule has 0 bridgehead atoms. The summed E-state index contributed by atoms with van der Waals surface area (Å²) in [6.45, 7) is 17.3. The maximum atomic E-state index is 6.40. The lowest BCUT2D eigenvalue weighted by molar-refractivity contribution is 0.332. The Morgan fingerprint density at radius 1 is 0.407 bits per heavy atom. The highest BCUT2D eigenvalue weighted by Crippen LogP contribution is 2.50. The Kier molecular flexibility index (Phi) is 11.8. The largest absolute Gasteiger partial charge is 0.491 e. The zero-order valence-corrected chi connectivity index (χ0v) is 35.3. The maximum absolute atomic E-state index is 6.40. The molecule has 0 amide bonds. The van der Waals surface area contributed by atoms with Gasteiger partial charge in [-0.25, -0.2) is 4.98 Å². The van der Waals surface area contributed by atoms with Crippen LogP contribution in [0.4, 0.5) is 0 Å². The summed E-state index contributed by atoms with van der Waals surface area (Å²) in [4.78, 5) is 9.89. The van der Waals surface area contributed by atoms with Crippen LogP contribution in [0, 0.1) is 55.4 Å². The van der Waals surface area contributed by atoms with Crippen molar-refractivity contribution in [2.75, 3.05) is 28.4 Å². The van der Waals surface area contributed by atoms with Crippen molar-refractivity contribution in [3.8, 4) is 34.5 Å². The van der Waals surface area contributed by atoms with Gasteiger partial charge < -0.3 is 18.9 Å². The first kappa shape index (κ1) is 38.9. The van der Waals surface area contributed by atoms with Gasteiger partial charge in [0.2, 0.25) is 11.8 Å². The molecule has 0 saturated carbocycles. The molecule has 54 heavy (non-hydrogen) atoms. The number of benzene rings is 4. The summed E-state index contributed by atoms with van der Waals surface area (Å²) in [6.07, 6.45) is 1.86. The van der Waals surface area contributed by atoms with Crippen LogP contribution < -0.4 is 50.8 Å². The number of aromatic nitrogens is 2. The Hall–Kier alpha value is -4.76. The van der Waals surface area contributed by atoms with E-state index in [0.29, 0.717) is 23.4 Å². The van der Waals surface area contributed by atoms with E-state index in [1.807, 2.05) is 6.20 Å². The summed E-state index contributed by atoms with van der Waals surface area (Å²) in [7, 11) is 4.21. The molecule has 0 aliphatic carbocycles. The van der Waals surface area contributed by atoms with Crippen molar-refractivity contribution in [2.24, 2.45) is 0 Å². The average Bonchev–Trinajstić information content (AvgIpc) is 3.09. The van der Waals surface area contributed by atoms with Gasteiger partial charge in [0.15, 0.2) is 5.75 Å². The van der Waals surface area contributed by atoms with Gasteiger partial charge in [0.25, 0.3) is 5.88 Å². The Bertz CT molecular complexity index is 2170. The minimum atomic E-state index is -1.30. The van der Waals surface area contributed by atoms with Crippen molar-refractivity contribution in [1.29, 1.82) is 0 Å². The lowest BCUT2D eigenvalue weighted by Gasteiger charge is -2.30. The molecule has 0 N–H and O–H groups in total. The van der Waals surface area contributed by atoms with Crippen molar-refractivity contribution in [3.05, 3.63) is 130 Å². The summed E-state index contributed by atoms with van der Waals surface area (Å²) in [5.41, 5.74) is 11.2. The molecule has 0 aliphatic rings. The predicted molar refractivity (Wildman–Crippen MR) is 229 cm³/mol. The van der Waals surface area contributed by atoms with Crippen LogP contribution in [-0.4, -0.2) is 38.4 Å². The number of rotatable bonds is 11. The molecule has 278 valence electrons. The quantitative estimate of drug-likeness (QED) is 0.125. The third-order valence-corrected chi connectivity index (χ3v) is 14.1. The number of hydrogen-bond acceptors (Lipinski definition) is 6. The van der Waals surface area contributed by atoms with Gasteiger partial charge in [-0.3, -0.25) is 0 Å². The molecule has 0 atom stereocenters. The van der Waals surface area contributed by atoms with E-state index in [0.717, 1.165) is 21.7 Å². The van der Waals surface area contributed by atoms with Crippen molar-refractivity contribution < 1.29 is 18.9 Å². The summed E-state index contributed by atoms with van der Waals surface area (Å²) in [5, 5.41) is 6.84. The van der Waals surface area contributed by atoms with Crippen LogP contribution in [0.15, 0.2) is 85.1 Å². The van der Waals surface area contributed by atoms with Gasteiger partial charge in [-0.15, -0.1) is 0 Å². The van der Waals surface area contributed by atoms with Crippen LogP contribution in [-0.2, 0) is 0 Å². The Balaban J connectivity index is 1.85. The van der Waals surface area contributed by atoms with Gasteiger partial charge in [0.1, 0.15) is 0 Å². The van der Waals surface area contributed by atoms with Gasteiger partial charge in [-0.05, 0) is 104 Å². The molecule has 2 heterocycles. The monoisotopic (exact) mass is 756 g/mol. The van der Waals surface area contributed by atoms with Crippen molar-refractivity contribution in [3.63, 3.8) is 0 Å². The average molecular weight is 757 g/mol. The first-order valence-electron chi connectivity index (χ1n) is 18.0. The standard InChI is InChI=1S/C46H50N2O4P2/c1-27-15-28(2)20-35(19-27)53(36-21-29(3)16-30(4)22-36)39-13-14-47-44(50-10)40(39)41-43(42(49-9)46(52-12)48-45(41)51-11)54(37-23-31(5)17-32(6)24-37)38-25-33(7)18-34(8)26-38/h13-26H,1-12H3. The minimum absolute atomic E-state index is 0.352. The van der Waals surface area contributed by atoms with E-state index in [1.54, 1.807) is 28.4 Å². The second kappa shape index (κ2) is 16.3. The summed E-state index contributed by atoms with van der Waals surface area (Å²) in [6, 6.07) is 29.5. The van der Waals surface area contributed by atoms with Crippen molar-refractivity contribution in [1.82, 2.24) is 9.97 Å². The topological polar surface area (TPSA) is 62.7 Å². The van der Waals surface area contributed by atoms with E-state index in [2.05, 4.69) is 134 Å². The van der Waals surface area contributed by atoms with E-state index in [-0.39, 0.29) is 0 Å². The first-order valence-corrected chi connectivity index (χ1v) is 20.7. The van der Waals surface area contributed by atoms with Crippen LogP contribution in [0.3, 0.4) is 0 Å². The van der Waals surface area contributed by atoms with Crippen molar-refractivity contribution >= 4 is 47.7 Å². The molecule has 4 aromatic carbocycles. The number of hydrogen-bond donors (Lipinski definition) is 0. The van der Waals surface area contributed by atoms with Crippen LogP contribution in [0.5, 0.6) is 23.4 Å². The van der Waals surface area contributed by atoms with Gasteiger partial charge in [-0.1, -0.05) is 117 Å². The summed E-state index contributed by atoms with van der Waals surface area (Å²) >= 11 is 0. The molecular formula is C46H50N2O4P2. The third kappa shape index (κ3) is 7.88. The molecule has 6 aromatic rings. The van der Waals surface area contributed by atoms with Crippen LogP contribution in [0.25, 0.3) is 11.1 Å². The van der Waals surface area contributed by atoms with Crippen LogP contribution >= 0.6 is 15.8 Å². The Morgan fingerprint density at radius 3 is 1.13 bits per heavy atom. The van der Waals surface area contributed by atoms with Gasteiger partial charge in [0.05, 0.1) is 39.6 Å². The van der Waals surface area contributed by atoms with Gasteiger partial charge in [-0.2, -0.15) is 4.98 Å². The molecule has 0 unspecified atom stereocenters. The van der Waals surface area contributed by atoms with Gasteiger partial charge >= 0.3 is 0 Å². The fourth-order valence-electron chi connectivity index (χ4n) is 7.59. The summed E-state index contributed by atoms with van der Waals surface area (Å²) in [5.74, 6) is 1.80. The van der Waals surface area contributed by atoms with E-state index in [1.165, 1.54) is 65.7 Å². The minimum Gasteiger partial charge on any atom is -0.491 e. The fourth-order valence-corrected chi connectivity index (χ4v) is 13.4. The molecule has 6 rings (SSSR count). The number of methoxy groups -OCH3 is 4. The smallest absolute Gasteiger partial charge is 0.260 e. The highest BCUT2D eigenvalue weighted by Gasteiger charge is 2.36. The molecule has 8 heteroatoms. The van der Waals surface area contributed by atoms with E-state index in [4.69, 9.17) is 28.9 Å². The number of ether oxygens (including phenoxy) is 4. The molecule has 0 fully saturated rings. The maximum Gasteiger partial charge on any atom is 0.260 e. The van der Waals surface area contributed by atoms with Crippen LogP contribution in [0.1, 0.15) is 44.5 Å². The van der Waals surface area contributed by atoms with E-state index < -0.39 is 15.8 Å². The molecule has 0 radical (unpaired) electrons. The molecule has 0 aliphatic heterocycles. The number of aryl methyl sites for hydroxylation is 8. The lowest BCUT2D eigenvalue weighted by Crippen LogP contribution is -2.29. The molecular weight excluding hydrogens is 706 g/mol. The predicted octanol–water partition coefficient (Wildman–Crippen LogP) is 8.16. The zero-order chi connectivity index (χ0) is 38.8. The second-order valence-corrected chi connectivity index (χ2v) is 18.5. The zero-order valence-electron chi connectivity index (χ0n) is 33.5. The first-order chi connectivity index (χ1) is 25.8. The number of nitrogens with zero attached hydrogens (tertiary/aromatic N) is 2. The van der Waals surface area contributed by atoms with Crippen LogP contribution in [0.2, 0.25) is 0 Å². The summed E-state index contributed by atoms with van der Waals surface area (Å²) < 4.78 is 25.0. The normalized spacial score (nSPS) is 11.3. The number of pyridine rings is 2. The Labute approximate surface area is 323 Å². The molecule has 2 aromatic heterocycles. The highest BCUT2D eigenvalue weighted by molar-refractivity contribution is 7.81. The van der Waals surface area contributed by atoms with E-state index >= 15 is 0 Å². The fraction of sp³-hybridized carbons (Fsp3) is 0.261. The second-order valence-electron chi connectivity index (χ2n) is 14.2.